The lowest BCUT2D eigenvalue weighted by atomic mass is 9.87. The second kappa shape index (κ2) is 4.10. The van der Waals surface area contributed by atoms with Gasteiger partial charge in [-0.15, -0.1) is 0 Å². The van der Waals surface area contributed by atoms with Crippen LogP contribution >= 0.6 is 0 Å². The second-order valence-corrected chi connectivity index (χ2v) is 5.11. The maximum Gasteiger partial charge on any atom is 0.225 e. The average molecular weight is 214 g/mol. The molecule has 0 atom stereocenters. The molecular formula is C11H22N2O2. The van der Waals surface area contributed by atoms with Crippen LogP contribution < -0.4 is 5.73 Å². The predicted molar refractivity (Wildman–Crippen MR) is 59.5 cm³/mol. The van der Waals surface area contributed by atoms with E-state index >= 15 is 0 Å². The minimum atomic E-state index is -0.379. The number of likely N-dealkylation sites (tertiary alicyclic amines) is 1. The van der Waals surface area contributed by atoms with Crippen LogP contribution in [0.4, 0.5) is 0 Å². The molecule has 0 bridgehead atoms. The zero-order valence-corrected chi connectivity index (χ0v) is 10.2. The summed E-state index contributed by atoms with van der Waals surface area (Å²) in [6.45, 7) is 7.26. The summed E-state index contributed by atoms with van der Waals surface area (Å²) in [7, 11) is 1.63. The third-order valence-electron chi connectivity index (χ3n) is 3.20. The Morgan fingerprint density at radius 1 is 1.53 bits per heavy atom. The first kappa shape index (κ1) is 12.5. The van der Waals surface area contributed by atoms with E-state index in [0.717, 1.165) is 6.42 Å². The van der Waals surface area contributed by atoms with Crippen molar-refractivity contribution in [2.24, 2.45) is 5.73 Å². The molecule has 1 heterocycles. The highest BCUT2D eigenvalue weighted by atomic mass is 16.5. The van der Waals surface area contributed by atoms with E-state index in [-0.39, 0.29) is 17.0 Å². The molecular weight excluding hydrogens is 192 g/mol. The average Bonchev–Trinajstić information content (AvgIpc) is 2.12. The van der Waals surface area contributed by atoms with Crippen LogP contribution in [0.3, 0.4) is 0 Å². The van der Waals surface area contributed by atoms with Gasteiger partial charge < -0.3 is 15.4 Å². The zero-order valence-electron chi connectivity index (χ0n) is 10.2. The largest absolute Gasteiger partial charge is 0.378 e. The smallest absolute Gasteiger partial charge is 0.225 e. The van der Waals surface area contributed by atoms with Crippen molar-refractivity contribution in [2.75, 3.05) is 20.2 Å². The summed E-state index contributed by atoms with van der Waals surface area (Å²) < 4.78 is 5.23. The Labute approximate surface area is 91.8 Å². The number of rotatable bonds is 4. The van der Waals surface area contributed by atoms with Crippen LogP contribution in [0.25, 0.3) is 0 Å². The van der Waals surface area contributed by atoms with Gasteiger partial charge >= 0.3 is 0 Å². The minimum absolute atomic E-state index is 0.136. The first-order valence-electron chi connectivity index (χ1n) is 5.44. The van der Waals surface area contributed by atoms with Gasteiger partial charge in [0.1, 0.15) is 0 Å². The van der Waals surface area contributed by atoms with Crippen LogP contribution in [0.15, 0.2) is 0 Å². The maximum atomic E-state index is 11.8. The Bertz CT molecular complexity index is 245. The standard InChI is InChI=1S/C11H22N2O2/c1-5-11(12)7-13(8-11)9(14)6-10(2,3)15-4/h5-8,12H2,1-4H3. The van der Waals surface area contributed by atoms with Crippen LogP contribution in [0.5, 0.6) is 0 Å². The fourth-order valence-electron chi connectivity index (χ4n) is 1.66. The van der Waals surface area contributed by atoms with Gasteiger partial charge in [0.05, 0.1) is 17.6 Å². The normalized spacial score (nSPS) is 19.9. The highest BCUT2D eigenvalue weighted by Crippen LogP contribution is 2.24. The number of hydrogen-bond donors (Lipinski definition) is 1. The molecule has 1 aliphatic rings. The minimum Gasteiger partial charge on any atom is -0.378 e. The first-order chi connectivity index (χ1) is 6.82. The third kappa shape index (κ3) is 2.92. The summed E-state index contributed by atoms with van der Waals surface area (Å²) in [6, 6.07) is 0. The SMILES string of the molecule is CCC1(N)CN(C(=O)CC(C)(C)OC)C1. The molecule has 0 spiro atoms. The molecule has 0 aliphatic carbocycles. The van der Waals surface area contributed by atoms with Crippen LogP contribution in [-0.4, -0.2) is 42.1 Å². The highest BCUT2D eigenvalue weighted by Gasteiger charge is 2.41. The van der Waals surface area contributed by atoms with Gasteiger partial charge in [-0.2, -0.15) is 0 Å². The number of methoxy groups -OCH3 is 1. The molecule has 0 aromatic rings. The van der Waals surface area contributed by atoms with Crippen molar-refractivity contribution in [3.8, 4) is 0 Å². The fourth-order valence-corrected chi connectivity index (χ4v) is 1.66. The molecule has 1 saturated heterocycles. The van der Waals surface area contributed by atoms with Crippen molar-refractivity contribution >= 4 is 5.91 Å². The van der Waals surface area contributed by atoms with Gasteiger partial charge in [-0.25, -0.2) is 0 Å². The molecule has 1 amide bonds. The Kier molecular flexibility index (Phi) is 3.41. The van der Waals surface area contributed by atoms with Crippen LogP contribution in [0, 0.1) is 0 Å². The van der Waals surface area contributed by atoms with Gasteiger partial charge in [0.25, 0.3) is 0 Å². The van der Waals surface area contributed by atoms with Crippen LogP contribution in [-0.2, 0) is 9.53 Å². The lowest BCUT2D eigenvalue weighted by Gasteiger charge is -2.48. The van der Waals surface area contributed by atoms with Crippen LogP contribution in [0.2, 0.25) is 0 Å². The zero-order chi connectivity index (χ0) is 11.7. The molecule has 4 nitrogen and oxygen atoms in total. The van der Waals surface area contributed by atoms with E-state index in [0.29, 0.717) is 19.5 Å². The van der Waals surface area contributed by atoms with Crippen molar-refractivity contribution < 1.29 is 9.53 Å². The molecule has 1 rings (SSSR count). The van der Waals surface area contributed by atoms with Gasteiger partial charge in [0, 0.05) is 20.2 Å². The molecule has 0 aromatic heterocycles. The lowest BCUT2D eigenvalue weighted by Crippen LogP contribution is -2.68. The van der Waals surface area contributed by atoms with Crippen molar-refractivity contribution in [1.29, 1.82) is 0 Å². The number of ether oxygens (including phenoxy) is 1. The highest BCUT2D eigenvalue weighted by molar-refractivity contribution is 5.78. The Balaban J connectivity index is 2.39. The van der Waals surface area contributed by atoms with Crippen LogP contribution in [0.1, 0.15) is 33.6 Å². The van der Waals surface area contributed by atoms with E-state index in [1.165, 1.54) is 0 Å². The first-order valence-corrected chi connectivity index (χ1v) is 5.44. The lowest BCUT2D eigenvalue weighted by molar-refractivity contribution is -0.144. The quantitative estimate of drug-likeness (QED) is 0.751. The molecule has 0 saturated carbocycles. The summed E-state index contributed by atoms with van der Waals surface area (Å²) in [5.41, 5.74) is 5.48. The summed E-state index contributed by atoms with van der Waals surface area (Å²) >= 11 is 0. The predicted octanol–water partition coefficient (Wildman–Crippen LogP) is 0.751. The van der Waals surface area contributed by atoms with Crippen molar-refractivity contribution in [3.63, 3.8) is 0 Å². The monoisotopic (exact) mass is 214 g/mol. The molecule has 2 N–H and O–H groups in total. The fraction of sp³-hybridized carbons (Fsp3) is 0.909. The van der Waals surface area contributed by atoms with Gasteiger partial charge in [0.2, 0.25) is 5.91 Å². The van der Waals surface area contributed by atoms with Gasteiger partial charge in [-0.05, 0) is 20.3 Å². The topological polar surface area (TPSA) is 55.6 Å². The molecule has 0 radical (unpaired) electrons. The van der Waals surface area contributed by atoms with E-state index in [1.54, 1.807) is 7.11 Å². The Morgan fingerprint density at radius 2 is 2.07 bits per heavy atom. The molecule has 1 fully saturated rings. The number of carbonyl (C=O) groups is 1. The summed E-state index contributed by atoms with van der Waals surface area (Å²) in [5, 5.41) is 0. The molecule has 0 unspecified atom stereocenters. The third-order valence-corrected chi connectivity index (χ3v) is 3.20. The van der Waals surface area contributed by atoms with Crippen molar-refractivity contribution in [1.82, 2.24) is 4.90 Å². The van der Waals surface area contributed by atoms with Gasteiger partial charge in [-0.1, -0.05) is 6.92 Å². The van der Waals surface area contributed by atoms with E-state index in [1.807, 2.05) is 18.7 Å². The summed E-state index contributed by atoms with van der Waals surface area (Å²) in [6.07, 6.45) is 1.34. The van der Waals surface area contributed by atoms with E-state index in [4.69, 9.17) is 10.5 Å². The molecule has 1 aliphatic heterocycles. The molecule has 15 heavy (non-hydrogen) atoms. The Morgan fingerprint density at radius 3 is 2.47 bits per heavy atom. The van der Waals surface area contributed by atoms with Gasteiger partial charge in [-0.3, -0.25) is 4.79 Å². The number of nitrogens with zero attached hydrogens (tertiary/aromatic N) is 1. The van der Waals surface area contributed by atoms with E-state index in [2.05, 4.69) is 6.92 Å². The molecule has 0 aromatic carbocycles. The number of amides is 1. The van der Waals surface area contributed by atoms with E-state index < -0.39 is 0 Å². The summed E-state index contributed by atoms with van der Waals surface area (Å²) in [4.78, 5) is 13.6. The van der Waals surface area contributed by atoms with Crippen molar-refractivity contribution in [3.05, 3.63) is 0 Å². The Hall–Kier alpha value is -0.610. The number of carbonyl (C=O) groups excluding carboxylic acids is 1. The maximum absolute atomic E-state index is 11.8. The number of hydrogen-bond acceptors (Lipinski definition) is 3. The van der Waals surface area contributed by atoms with Gasteiger partial charge in [0.15, 0.2) is 0 Å². The summed E-state index contributed by atoms with van der Waals surface area (Å²) in [5.74, 6) is 0.136. The van der Waals surface area contributed by atoms with E-state index in [9.17, 15) is 4.79 Å². The number of nitrogens with two attached hydrogens (primary N) is 1. The molecule has 88 valence electrons. The van der Waals surface area contributed by atoms with Crippen molar-refractivity contribution in [2.45, 2.75) is 44.8 Å². The second-order valence-electron chi connectivity index (χ2n) is 5.11. The molecule has 4 heteroatoms.